The molecule has 0 N–H and O–H groups in total. The number of hydrogen-bond acceptors (Lipinski definition) is 3. The van der Waals surface area contributed by atoms with Crippen LogP contribution >= 0.6 is 15.9 Å². The molecule has 0 spiro atoms. The zero-order valence-corrected chi connectivity index (χ0v) is 13.1. The van der Waals surface area contributed by atoms with Crippen LogP contribution in [0.2, 0.25) is 0 Å². The largest absolute Gasteiger partial charge is 0.379 e. The van der Waals surface area contributed by atoms with E-state index in [4.69, 9.17) is 4.84 Å². The number of alkyl halides is 1. The van der Waals surface area contributed by atoms with E-state index in [1.165, 1.54) is 6.07 Å². The molecule has 1 aliphatic rings. The van der Waals surface area contributed by atoms with Crippen LogP contribution in [0.25, 0.3) is 11.1 Å². The van der Waals surface area contributed by atoms with Gasteiger partial charge in [-0.1, -0.05) is 11.2 Å². The molecule has 0 aliphatic carbocycles. The Kier molecular flexibility index (Phi) is 4.09. The maximum atomic E-state index is 14.1. The van der Waals surface area contributed by atoms with Gasteiger partial charge in [0.05, 0.1) is 23.9 Å². The molecule has 2 aromatic rings. The highest BCUT2D eigenvalue weighted by molar-refractivity contribution is 9.18. The number of rotatable bonds is 3. The van der Waals surface area contributed by atoms with Crippen LogP contribution in [0.4, 0.5) is 17.6 Å². The Morgan fingerprint density at radius 3 is 2.48 bits per heavy atom. The summed E-state index contributed by atoms with van der Waals surface area (Å²) in [5, 5.41) is 3.61. The fourth-order valence-electron chi connectivity index (χ4n) is 2.45. The smallest absolute Gasteiger partial charge is 0.214 e. The van der Waals surface area contributed by atoms with Crippen LogP contribution < -0.4 is 0 Å². The van der Waals surface area contributed by atoms with E-state index >= 15 is 0 Å². The average Bonchev–Trinajstić information content (AvgIpc) is 2.90. The maximum absolute atomic E-state index is 14.1. The zero-order valence-electron chi connectivity index (χ0n) is 11.5. The minimum absolute atomic E-state index is 0.0226. The highest BCUT2D eigenvalue weighted by Gasteiger charge is 2.44. The molecule has 3 rings (SSSR count). The van der Waals surface area contributed by atoms with Gasteiger partial charge in [-0.2, -0.15) is 0 Å². The summed E-state index contributed by atoms with van der Waals surface area (Å²) in [6, 6.07) is 4.13. The van der Waals surface area contributed by atoms with Crippen LogP contribution in [0.15, 0.2) is 35.6 Å². The van der Waals surface area contributed by atoms with Crippen molar-refractivity contribution in [3.05, 3.63) is 53.6 Å². The van der Waals surface area contributed by atoms with E-state index in [-0.39, 0.29) is 17.7 Å². The lowest BCUT2D eigenvalue weighted by atomic mass is 9.90. The molecule has 0 saturated heterocycles. The van der Waals surface area contributed by atoms with Crippen molar-refractivity contribution < 1.29 is 22.4 Å². The fraction of sp³-hybridized carbons (Fsp3) is 0.200. The van der Waals surface area contributed by atoms with E-state index in [0.29, 0.717) is 4.62 Å². The fourth-order valence-corrected chi connectivity index (χ4v) is 2.97. The predicted molar refractivity (Wildman–Crippen MR) is 79.3 cm³/mol. The minimum Gasteiger partial charge on any atom is -0.379 e. The van der Waals surface area contributed by atoms with Gasteiger partial charge in [0.1, 0.15) is 28.7 Å². The van der Waals surface area contributed by atoms with Crippen LogP contribution in [0, 0.1) is 17.5 Å². The van der Waals surface area contributed by atoms with E-state index < -0.39 is 35.3 Å². The molecule has 0 amide bonds. The molecule has 1 aromatic carbocycles. The molecule has 23 heavy (non-hydrogen) atoms. The summed E-state index contributed by atoms with van der Waals surface area (Å²) >= 11 is 3.08. The number of pyridine rings is 1. The van der Waals surface area contributed by atoms with Gasteiger partial charge in [0.2, 0.25) is 5.60 Å². The Morgan fingerprint density at radius 2 is 1.91 bits per heavy atom. The molecule has 2 heterocycles. The quantitative estimate of drug-likeness (QED) is 0.727. The second-order valence-electron chi connectivity index (χ2n) is 5.01. The molecule has 0 radical (unpaired) electrons. The number of benzene rings is 1. The van der Waals surface area contributed by atoms with Gasteiger partial charge in [-0.05, 0) is 34.1 Å². The molecule has 1 atom stereocenters. The lowest BCUT2D eigenvalue weighted by Gasteiger charge is -2.25. The third kappa shape index (κ3) is 2.71. The molecule has 120 valence electrons. The van der Waals surface area contributed by atoms with Crippen molar-refractivity contribution in [1.29, 1.82) is 0 Å². The molecular weight excluding hydrogens is 380 g/mol. The molecule has 3 nitrogen and oxygen atoms in total. The third-order valence-electron chi connectivity index (χ3n) is 3.48. The van der Waals surface area contributed by atoms with Gasteiger partial charge in [-0.25, -0.2) is 17.6 Å². The lowest BCUT2D eigenvalue weighted by molar-refractivity contribution is -0.0435. The van der Waals surface area contributed by atoms with Crippen LogP contribution in [0.5, 0.6) is 0 Å². The van der Waals surface area contributed by atoms with Crippen LogP contribution in [0.3, 0.4) is 0 Å². The van der Waals surface area contributed by atoms with E-state index in [2.05, 4.69) is 26.1 Å². The Balaban J connectivity index is 2.24. The summed E-state index contributed by atoms with van der Waals surface area (Å²) in [5.41, 5.74) is -2.48. The summed E-state index contributed by atoms with van der Waals surface area (Å²) in [6.07, 6.45) is 0.815. The number of oxime groups is 1. The summed E-state index contributed by atoms with van der Waals surface area (Å²) in [7, 11) is 0. The first-order chi connectivity index (χ1) is 11.0. The second kappa shape index (κ2) is 5.92. The van der Waals surface area contributed by atoms with Crippen molar-refractivity contribution >= 4 is 20.6 Å². The maximum Gasteiger partial charge on any atom is 0.214 e. The summed E-state index contributed by atoms with van der Waals surface area (Å²) in [6.45, 7) is -1.05. The minimum atomic E-state index is -1.66. The van der Waals surface area contributed by atoms with Crippen molar-refractivity contribution in [3.8, 4) is 11.1 Å². The molecular formula is C15H9BrF4N2O. The third-order valence-corrected chi connectivity index (χ3v) is 3.91. The number of nitrogens with zero attached hydrogens (tertiary/aromatic N) is 2. The Labute approximate surface area is 137 Å². The number of halogens is 5. The number of aromatic nitrogens is 1. The Bertz CT molecular complexity index is 779. The summed E-state index contributed by atoms with van der Waals surface area (Å²) in [5.74, 6) is -2.63. The van der Waals surface area contributed by atoms with Gasteiger partial charge in [-0.15, -0.1) is 0 Å². The summed E-state index contributed by atoms with van der Waals surface area (Å²) in [4.78, 5) is 8.93. The lowest BCUT2D eigenvalue weighted by Crippen LogP contribution is -2.30. The van der Waals surface area contributed by atoms with Crippen molar-refractivity contribution in [1.82, 2.24) is 4.98 Å². The van der Waals surface area contributed by atoms with Gasteiger partial charge in [-0.3, -0.25) is 4.98 Å². The molecule has 0 bridgehead atoms. The molecule has 0 saturated carbocycles. The number of hydrogen-bond donors (Lipinski definition) is 0. The zero-order chi connectivity index (χ0) is 16.6. The van der Waals surface area contributed by atoms with E-state index in [0.717, 1.165) is 24.4 Å². The molecule has 1 unspecified atom stereocenters. The first-order valence-corrected chi connectivity index (χ1v) is 7.33. The molecule has 8 heteroatoms. The van der Waals surface area contributed by atoms with Crippen molar-refractivity contribution in [2.45, 2.75) is 12.0 Å². The predicted octanol–water partition coefficient (Wildman–Crippen LogP) is 4.46. The standard InChI is InChI=1S/C15H9BrF4N2O/c16-12-5-15(7-17,23-22-12)14-9(4-8(18)6-21-14)13-10(19)2-1-3-11(13)20/h1-4,6H,5,7H2. The Morgan fingerprint density at radius 1 is 1.22 bits per heavy atom. The normalized spacial score (nSPS) is 20.3. The highest BCUT2D eigenvalue weighted by Crippen LogP contribution is 2.41. The summed E-state index contributed by atoms with van der Waals surface area (Å²) < 4.78 is 55.8. The van der Waals surface area contributed by atoms with Crippen molar-refractivity contribution in [2.75, 3.05) is 6.67 Å². The van der Waals surface area contributed by atoms with E-state index in [9.17, 15) is 17.6 Å². The van der Waals surface area contributed by atoms with Gasteiger partial charge >= 0.3 is 0 Å². The molecule has 1 aromatic heterocycles. The second-order valence-corrected chi connectivity index (χ2v) is 5.93. The van der Waals surface area contributed by atoms with E-state index in [1.54, 1.807) is 0 Å². The van der Waals surface area contributed by atoms with Crippen molar-refractivity contribution in [2.24, 2.45) is 5.16 Å². The Hall–Kier alpha value is -1.96. The first-order valence-electron chi connectivity index (χ1n) is 6.54. The van der Waals surface area contributed by atoms with Gasteiger partial charge in [0, 0.05) is 5.56 Å². The highest BCUT2D eigenvalue weighted by atomic mass is 79.9. The van der Waals surface area contributed by atoms with Crippen molar-refractivity contribution in [3.63, 3.8) is 0 Å². The van der Waals surface area contributed by atoms with Gasteiger partial charge in [0.25, 0.3) is 0 Å². The topological polar surface area (TPSA) is 34.5 Å². The SMILES string of the molecule is FCC1(c2ncc(F)cc2-c2c(F)cccc2F)CC(Br)=NO1. The van der Waals surface area contributed by atoms with Gasteiger partial charge < -0.3 is 4.84 Å². The molecule has 0 fully saturated rings. The average molecular weight is 389 g/mol. The van der Waals surface area contributed by atoms with Crippen LogP contribution in [0.1, 0.15) is 12.1 Å². The van der Waals surface area contributed by atoms with E-state index in [1.807, 2.05) is 0 Å². The first kappa shape index (κ1) is 15.9. The van der Waals surface area contributed by atoms with Crippen LogP contribution in [-0.2, 0) is 10.4 Å². The monoisotopic (exact) mass is 388 g/mol. The molecule has 1 aliphatic heterocycles. The van der Waals surface area contributed by atoms with Gasteiger partial charge in [0.15, 0.2) is 0 Å². The van der Waals surface area contributed by atoms with Crippen LogP contribution in [-0.4, -0.2) is 16.3 Å².